The molecule has 0 aliphatic carbocycles. The van der Waals surface area contributed by atoms with Gasteiger partial charge < -0.3 is 24.8 Å². The molecule has 1 saturated heterocycles. The largest absolute Gasteiger partial charge is 0.502 e. The van der Waals surface area contributed by atoms with E-state index in [1.165, 1.54) is 19.8 Å². The lowest BCUT2D eigenvalue weighted by atomic mass is 10.2. The summed E-state index contributed by atoms with van der Waals surface area (Å²) in [6, 6.07) is 11.6. The van der Waals surface area contributed by atoms with Crippen LogP contribution in [0.5, 0.6) is 17.2 Å². The van der Waals surface area contributed by atoms with Gasteiger partial charge in [-0.15, -0.1) is 0 Å². The van der Waals surface area contributed by atoms with E-state index in [-0.39, 0.29) is 5.75 Å². The second-order valence-corrected chi connectivity index (χ2v) is 7.58. The molecule has 162 valence electrons. The molecule has 3 rings (SSSR count). The summed E-state index contributed by atoms with van der Waals surface area (Å²) in [6.07, 6.45) is 0. The van der Waals surface area contributed by atoms with Crippen LogP contribution in [0.2, 0.25) is 5.02 Å². The highest BCUT2D eigenvalue weighted by Crippen LogP contribution is 2.37. The minimum Gasteiger partial charge on any atom is -0.502 e. The van der Waals surface area contributed by atoms with Crippen molar-refractivity contribution in [3.8, 4) is 17.2 Å². The van der Waals surface area contributed by atoms with Crippen LogP contribution in [0.25, 0.3) is 0 Å². The third kappa shape index (κ3) is 5.49. The topological polar surface area (TPSA) is 69.6 Å². The fourth-order valence-electron chi connectivity index (χ4n) is 3.57. The van der Waals surface area contributed by atoms with Crippen LogP contribution in [-0.4, -0.2) is 68.3 Å². The van der Waals surface area contributed by atoms with Crippen molar-refractivity contribution in [2.45, 2.75) is 13.1 Å². The predicted octanol–water partition coefficient (Wildman–Crippen LogP) is 2.96. The number of methoxy groups -OCH3 is 2. The van der Waals surface area contributed by atoms with Crippen molar-refractivity contribution in [3.05, 3.63) is 52.5 Å². The lowest BCUT2D eigenvalue weighted by Gasteiger charge is -2.36. The number of hydrogen-bond donors (Lipinski definition) is 2. The fraction of sp³-hybridized carbons (Fsp3) is 0.409. The van der Waals surface area contributed by atoms with Crippen molar-refractivity contribution < 1.29 is 14.6 Å². The lowest BCUT2D eigenvalue weighted by molar-refractivity contribution is 0.172. The van der Waals surface area contributed by atoms with Crippen molar-refractivity contribution in [1.29, 1.82) is 0 Å². The number of piperazine rings is 1. The van der Waals surface area contributed by atoms with E-state index in [1.54, 1.807) is 19.2 Å². The molecule has 8 heteroatoms. The van der Waals surface area contributed by atoms with Crippen LogP contribution in [-0.2, 0) is 13.1 Å². The third-order valence-electron chi connectivity index (χ3n) is 5.17. The van der Waals surface area contributed by atoms with Crippen LogP contribution in [0.1, 0.15) is 11.1 Å². The Morgan fingerprint density at radius 3 is 2.30 bits per heavy atom. The van der Waals surface area contributed by atoms with E-state index < -0.39 is 0 Å². The molecular weight excluding hydrogens is 404 g/mol. The van der Waals surface area contributed by atoms with Crippen molar-refractivity contribution in [3.63, 3.8) is 0 Å². The first-order valence-electron chi connectivity index (χ1n) is 9.90. The van der Waals surface area contributed by atoms with Crippen LogP contribution in [0.15, 0.2) is 41.4 Å². The highest BCUT2D eigenvalue weighted by atomic mass is 35.5. The maximum absolute atomic E-state index is 10.1. The van der Waals surface area contributed by atoms with E-state index in [0.29, 0.717) is 18.0 Å². The Morgan fingerprint density at radius 1 is 1.07 bits per heavy atom. The zero-order valence-electron chi connectivity index (χ0n) is 17.7. The van der Waals surface area contributed by atoms with E-state index >= 15 is 0 Å². The fourth-order valence-corrected chi connectivity index (χ4v) is 3.79. The molecule has 7 nitrogen and oxygen atoms in total. The summed E-state index contributed by atoms with van der Waals surface area (Å²) in [4.78, 5) is 9.11. The zero-order valence-corrected chi connectivity index (χ0v) is 18.4. The molecule has 0 aromatic heterocycles. The summed E-state index contributed by atoms with van der Waals surface area (Å²) in [5.74, 6) is 1.62. The van der Waals surface area contributed by atoms with Gasteiger partial charge in [-0.05, 0) is 35.4 Å². The summed E-state index contributed by atoms with van der Waals surface area (Å²) >= 11 is 6.10. The molecule has 1 aliphatic heterocycles. The summed E-state index contributed by atoms with van der Waals surface area (Å²) in [5, 5.41) is 14.2. The molecule has 1 fully saturated rings. The summed E-state index contributed by atoms with van der Waals surface area (Å²) in [7, 11) is 4.83. The third-order valence-corrected chi connectivity index (χ3v) is 5.40. The monoisotopic (exact) mass is 432 g/mol. The van der Waals surface area contributed by atoms with Crippen molar-refractivity contribution in [2.24, 2.45) is 4.99 Å². The maximum Gasteiger partial charge on any atom is 0.200 e. The molecule has 0 saturated carbocycles. The SMILES string of the molecule is CN=C(NCc1cc(OC)c(O)c(OC)c1)N1CCN(Cc2cccc(Cl)c2)CC1. The van der Waals surface area contributed by atoms with Gasteiger partial charge in [0.2, 0.25) is 5.75 Å². The average Bonchev–Trinajstić information content (AvgIpc) is 2.76. The average molecular weight is 433 g/mol. The van der Waals surface area contributed by atoms with Crippen LogP contribution in [0, 0.1) is 0 Å². The number of phenols is 1. The van der Waals surface area contributed by atoms with Crippen molar-refractivity contribution >= 4 is 17.6 Å². The van der Waals surface area contributed by atoms with Gasteiger partial charge in [0.15, 0.2) is 17.5 Å². The Hall–Kier alpha value is -2.64. The molecule has 0 atom stereocenters. The highest BCUT2D eigenvalue weighted by molar-refractivity contribution is 6.30. The Kier molecular flexibility index (Phi) is 7.65. The van der Waals surface area contributed by atoms with Crippen LogP contribution in [0.4, 0.5) is 0 Å². The normalized spacial score (nSPS) is 15.2. The maximum atomic E-state index is 10.1. The van der Waals surface area contributed by atoms with E-state index in [0.717, 1.165) is 49.3 Å². The second-order valence-electron chi connectivity index (χ2n) is 7.14. The molecule has 0 bridgehead atoms. The lowest BCUT2D eigenvalue weighted by Crippen LogP contribution is -2.52. The van der Waals surface area contributed by atoms with Gasteiger partial charge in [0.05, 0.1) is 14.2 Å². The molecule has 2 aromatic carbocycles. The van der Waals surface area contributed by atoms with Gasteiger partial charge in [-0.1, -0.05) is 23.7 Å². The van der Waals surface area contributed by atoms with Crippen LogP contribution in [0.3, 0.4) is 0 Å². The van der Waals surface area contributed by atoms with Gasteiger partial charge in [0.25, 0.3) is 0 Å². The molecule has 1 aliphatic rings. The number of ether oxygens (including phenoxy) is 2. The number of benzene rings is 2. The summed E-state index contributed by atoms with van der Waals surface area (Å²) < 4.78 is 10.5. The zero-order chi connectivity index (χ0) is 21.5. The van der Waals surface area contributed by atoms with E-state index in [2.05, 4.69) is 26.2 Å². The number of halogens is 1. The molecule has 2 aromatic rings. The first-order valence-corrected chi connectivity index (χ1v) is 10.3. The van der Waals surface area contributed by atoms with E-state index in [4.69, 9.17) is 21.1 Å². The molecule has 30 heavy (non-hydrogen) atoms. The Bertz CT molecular complexity index is 857. The first-order chi connectivity index (χ1) is 14.5. The van der Waals surface area contributed by atoms with Gasteiger partial charge in [0, 0.05) is 51.3 Å². The minimum absolute atomic E-state index is 0.00366. The number of phenolic OH excluding ortho intramolecular Hbond substituents is 1. The number of rotatable bonds is 6. The first kappa shape index (κ1) is 22.1. The molecular formula is C22H29ClN4O3. The Morgan fingerprint density at radius 2 is 1.73 bits per heavy atom. The van der Waals surface area contributed by atoms with Gasteiger partial charge >= 0.3 is 0 Å². The molecule has 0 unspecified atom stereocenters. The van der Waals surface area contributed by atoms with Crippen molar-refractivity contribution in [2.75, 3.05) is 47.4 Å². The summed E-state index contributed by atoms with van der Waals surface area (Å²) in [6.45, 7) is 5.13. The number of aromatic hydroxyl groups is 1. The molecule has 0 radical (unpaired) electrons. The second kappa shape index (κ2) is 10.4. The van der Waals surface area contributed by atoms with Gasteiger partial charge in [-0.2, -0.15) is 0 Å². The number of aliphatic imine (C=N–C) groups is 1. The van der Waals surface area contributed by atoms with Crippen LogP contribution < -0.4 is 14.8 Å². The highest BCUT2D eigenvalue weighted by Gasteiger charge is 2.20. The Labute approximate surface area is 182 Å². The van der Waals surface area contributed by atoms with Gasteiger partial charge in [0.1, 0.15) is 0 Å². The van der Waals surface area contributed by atoms with E-state index in [9.17, 15) is 5.11 Å². The molecule has 0 spiro atoms. The van der Waals surface area contributed by atoms with Gasteiger partial charge in [-0.3, -0.25) is 9.89 Å². The minimum atomic E-state index is 0.00366. The number of nitrogens with one attached hydrogen (secondary N) is 1. The number of hydrogen-bond acceptors (Lipinski definition) is 5. The molecule has 0 amide bonds. The predicted molar refractivity (Wildman–Crippen MR) is 120 cm³/mol. The van der Waals surface area contributed by atoms with Gasteiger partial charge in [-0.25, -0.2) is 0 Å². The molecule has 2 N–H and O–H groups in total. The standard InChI is InChI=1S/C22H29ClN4O3/c1-24-22(25-14-17-12-19(29-2)21(28)20(13-17)30-3)27-9-7-26(8-10-27)15-16-5-4-6-18(23)11-16/h4-6,11-13,28H,7-10,14-15H2,1-3H3,(H,24,25). The Balaban J connectivity index is 1.55. The number of guanidine groups is 1. The smallest absolute Gasteiger partial charge is 0.200 e. The quantitative estimate of drug-likeness (QED) is 0.540. The molecule has 1 heterocycles. The summed E-state index contributed by atoms with van der Waals surface area (Å²) in [5.41, 5.74) is 2.16. The number of nitrogens with zero attached hydrogens (tertiary/aromatic N) is 3. The van der Waals surface area contributed by atoms with Crippen LogP contribution >= 0.6 is 11.6 Å². The van der Waals surface area contributed by atoms with E-state index in [1.807, 2.05) is 18.2 Å². The van der Waals surface area contributed by atoms with Crippen molar-refractivity contribution in [1.82, 2.24) is 15.1 Å².